The number of aromatic nitrogens is 2. The molecule has 1 aromatic heterocycles. The van der Waals surface area contributed by atoms with E-state index in [0.717, 1.165) is 0 Å². The minimum absolute atomic E-state index is 0.0782. The van der Waals surface area contributed by atoms with E-state index >= 15 is 0 Å². The molecule has 1 aromatic carbocycles. The number of halogens is 1. The minimum Gasteiger partial charge on any atom is -0.342 e. The van der Waals surface area contributed by atoms with Crippen LogP contribution >= 0.6 is 0 Å². The molecule has 4 heteroatoms. The van der Waals surface area contributed by atoms with Gasteiger partial charge in [-0.25, -0.2) is 9.37 Å². The van der Waals surface area contributed by atoms with Gasteiger partial charge in [-0.2, -0.15) is 0 Å². The highest BCUT2D eigenvalue weighted by Crippen LogP contribution is 2.24. The fourth-order valence-corrected chi connectivity index (χ4v) is 1.76. The van der Waals surface area contributed by atoms with Crippen molar-refractivity contribution in [2.24, 2.45) is 5.41 Å². The van der Waals surface area contributed by atoms with Gasteiger partial charge in [0.25, 0.3) is 0 Å². The Labute approximate surface area is 99.1 Å². The fourth-order valence-electron chi connectivity index (χ4n) is 1.76. The third kappa shape index (κ3) is 2.07. The molecule has 1 heterocycles. The van der Waals surface area contributed by atoms with E-state index in [1.54, 1.807) is 13.0 Å². The summed E-state index contributed by atoms with van der Waals surface area (Å²) in [5.74, 6) is 0.101. The zero-order valence-electron chi connectivity index (χ0n) is 10.4. The van der Waals surface area contributed by atoms with Gasteiger partial charge in [0, 0.05) is 11.0 Å². The standard InChI is InChI=1S/C13H15FN2O/c1-7-15-10-6-8(12(17)13(2,3)4)5-9(14)11(10)16-7/h5-6H,1-4H3,(H,15,16). The lowest BCUT2D eigenvalue weighted by atomic mass is 9.86. The van der Waals surface area contributed by atoms with Gasteiger partial charge in [0.1, 0.15) is 11.3 Å². The van der Waals surface area contributed by atoms with E-state index in [1.807, 2.05) is 20.8 Å². The number of nitrogens with zero attached hydrogens (tertiary/aromatic N) is 1. The van der Waals surface area contributed by atoms with Crippen LogP contribution in [0.2, 0.25) is 0 Å². The number of nitrogens with one attached hydrogen (secondary N) is 1. The van der Waals surface area contributed by atoms with Crippen LogP contribution in [-0.2, 0) is 0 Å². The highest BCUT2D eigenvalue weighted by Gasteiger charge is 2.24. The first-order valence-corrected chi connectivity index (χ1v) is 5.50. The normalized spacial score (nSPS) is 12.1. The van der Waals surface area contributed by atoms with E-state index in [0.29, 0.717) is 16.9 Å². The Morgan fingerprint density at radius 3 is 2.59 bits per heavy atom. The molecule has 0 saturated carbocycles. The van der Waals surface area contributed by atoms with Crippen molar-refractivity contribution in [3.05, 3.63) is 29.3 Å². The number of aryl methyl sites for hydroxylation is 1. The average Bonchev–Trinajstić information content (AvgIpc) is 2.56. The number of rotatable bonds is 1. The molecular formula is C13H15FN2O. The third-order valence-electron chi connectivity index (χ3n) is 2.60. The first-order chi connectivity index (χ1) is 7.79. The number of ketones is 1. The second-order valence-corrected chi connectivity index (χ2v) is 5.26. The average molecular weight is 234 g/mol. The number of carbonyl (C=O) groups is 1. The minimum atomic E-state index is -0.519. The van der Waals surface area contributed by atoms with Crippen LogP contribution in [0.3, 0.4) is 0 Å². The number of Topliss-reactive ketones (excluding diaryl/α,β-unsaturated/α-hetero) is 1. The summed E-state index contributed by atoms with van der Waals surface area (Å²) < 4.78 is 13.8. The zero-order valence-corrected chi connectivity index (χ0v) is 10.4. The highest BCUT2D eigenvalue weighted by atomic mass is 19.1. The van der Waals surface area contributed by atoms with E-state index in [-0.39, 0.29) is 11.3 Å². The van der Waals surface area contributed by atoms with Crippen molar-refractivity contribution in [2.45, 2.75) is 27.7 Å². The summed E-state index contributed by atoms with van der Waals surface area (Å²) in [5, 5.41) is 0. The van der Waals surface area contributed by atoms with E-state index in [1.165, 1.54) is 6.07 Å². The second kappa shape index (κ2) is 3.65. The summed E-state index contributed by atoms with van der Waals surface area (Å²) >= 11 is 0. The van der Waals surface area contributed by atoms with E-state index in [2.05, 4.69) is 9.97 Å². The highest BCUT2D eigenvalue weighted by molar-refractivity contribution is 6.02. The number of hydrogen-bond donors (Lipinski definition) is 1. The van der Waals surface area contributed by atoms with Crippen molar-refractivity contribution < 1.29 is 9.18 Å². The van der Waals surface area contributed by atoms with Crippen molar-refractivity contribution >= 4 is 16.8 Å². The summed E-state index contributed by atoms with van der Waals surface area (Å²) in [6.45, 7) is 7.20. The first kappa shape index (κ1) is 11.8. The van der Waals surface area contributed by atoms with Crippen molar-refractivity contribution in [3.8, 4) is 0 Å². The summed E-state index contributed by atoms with van der Waals surface area (Å²) in [7, 11) is 0. The van der Waals surface area contributed by atoms with Crippen LogP contribution in [0.25, 0.3) is 11.0 Å². The maximum Gasteiger partial charge on any atom is 0.168 e. The Balaban J connectivity index is 2.61. The lowest BCUT2D eigenvalue weighted by molar-refractivity contribution is 0.0858. The summed E-state index contributed by atoms with van der Waals surface area (Å²) in [6.07, 6.45) is 0. The molecule has 0 fully saturated rings. The van der Waals surface area contributed by atoms with Gasteiger partial charge >= 0.3 is 0 Å². The summed E-state index contributed by atoms with van der Waals surface area (Å²) in [6, 6.07) is 2.92. The van der Waals surface area contributed by atoms with Crippen molar-refractivity contribution in [1.29, 1.82) is 0 Å². The number of fused-ring (bicyclic) bond motifs is 1. The SMILES string of the molecule is Cc1nc2c(F)cc(C(=O)C(C)(C)C)cc2[nH]1. The lowest BCUT2D eigenvalue weighted by Crippen LogP contribution is -2.20. The molecule has 1 N–H and O–H groups in total. The van der Waals surface area contributed by atoms with Gasteiger partial charge in [-0.15, -0.1) is 0 Å². The molecule has 0 radical (unpaired) electrons. The maximum absolute atomic E-state index is 13.8. The number of hydrogen-bond acceptors (Lipinski definition) is 2. The largest absolute Gasteiger partial charge is 0.342 e. The Morgan fingerprint density at radius 1 is 1.35 bits per heavy atom. The number of H-pyrrole nitrogens is 1. The molecular weight excluding hydrogens is 219 g/mol. The molecule has 3 nitrogen and oxygen atoms in total. The molecule has 0 saturated heterocycles. The molecule has 0 unspecified atom stereocenters. The molecule has 0 aliphatic carbocycles. The Morgan fingerprint density at radius 2 is 2.00 bits per heavy atom. The van der Waals surface area contributed by atoms with Crippen LogP contribution < -0.4 is 0 Å². The predicted molar refractivity (Wildman–Crippen MR) is 64.6 cm³/mol. The van der Waals surface area contributed by atoms with Gasteiger partial charge < -0.3 is 4.98 Å². The predicted octanol–water partition coefficient (Wildman–Crippen LogP) is 3.24. The van der Waals surface area contributed by atoms with Crippen LogP contribution in [0.5, 0.6) is 0 Å². The second-order valence-electron chi connectivity index (χ2n) is 5.26. The van der Waals surface area contributed by atoms with Gasteiger partial charge in [-0.3, -0.25) is 4.79 Å². The van der Waals surface area contributed by atoms with Gasteiger partial charge in [0.2, 0.25) is 0 Å². The Bertz CT molecular complexity index is 593. The fraction of sp³-hybridized carbons (Fsp3) is 0.385. The molecule has 0 aliphatic rings. The van der Waals surface area contributed by atoms with Crippen LogP contribution in [0.1, 0.15) is 37.0 Å². The smallest absolute Gasteiger partial charge is 0.168 e. The molecule has 0 bridgehead atoms. The molecule has 0 amide bonds. The first-order valence-electron chi connectivity index (χ1n) is 5.50. The number of aromatic amines is 1. The molecule has 2 aromatic rings. The van der Waals surface area contributed by atoms with E-state index in [9.17, 15) is 9.18 Å². The van der Waals surface area contributed by atoms with Gasteiger partial charge in [0.05, 0.1) is 5.52 Å². The van der Waals surface area contributed by atoms with Crippen LogP contribution in [0.15, 0.2) is 12.1 Å². The topological polar surface area (TPSA) is 45.8 Å². The molecule has 0 aliphatic heterocycles. The summed E-state index contributed by atoms with van der Waals surface area (Å²) in [5.41, 5.74) is 0.712. The van der Waals surface area contributed by atoms with Gasteiger partial charge in [-0.05, 0) is 19.1 Å². The molecule has 0 atom stereocenters. The molecule has 90 valence electrons. The monoisotopic (exact) mass is 234 g/mol. The third-order valence-corrected chi connectivity index (χ3v) is 2.60. The van der Waals surface area contributed by atoms with Gasteiger partial charge in [0.15, 0.2) is 11.6 Å². The number of carbonyl (C=O) groups excluding carboxylic acids is 1. The Hall–Kier alpha value is -1.71. The van der Waals surface area contributed by atoms with Crippen LogP contribution in [-0.4, -0.2) is 15.8 Å². The quantitative estimate of drug-likeness (QED) is 0.770. The van der Waals surface area contributed by atoms with Crippen molar-refractivity contribution in [1.82, 2.24) is 9.97 Å². The molecule has 17 heavy (non-hydrogen) atoms. The number of imidazole rings is 1. The lowest BCUT2D eigenvalue weighted by Gasteiger charge is -2.16. The van der Waals surface area contributed by atoms with Crippen molar-refractivity contribution in [3.63, 3.8) is 0 Å². The Kier molecular flexibility index (Phi) is 2.53. The van der Waals surface area contributed by atoms with Crippen molar-refractivity contribution in [2.75, 3.05) is 0 Å². The zero-order chi connectivity index (χ0) is 12.8. The maximum atomic E-state index is 13.8. The van der Waals surface area contributed by atoms with E-state index < -0.39 is 11.2 Å². The van der Waals surface area contributed by atoms with E-state index in [4.69, 9.17) is 0 Å². The van der Waals surface area contributed by atoms with Crippen LogP contribution in [0, 0.1) is 18.2 Å². The number of benzene rings is 1. The summed E-state index contributed by atoms with van der Waals surface area (Å²) in [4.78, 5) is 19.0. The van der Waals surface area contributed by atoms with Crippen LogP contribution in [0.4, 0.5) is 4.39 Å². The van der Waals surface area contributed by atoms with Gasteiger partial charge in [-0.1, -0.05) is 20.8 Å². The molecule has 2 rings (SSSR count). The molecule has 0 spiro atoms.